The number of thiazole rings is 1. The van der Waals surface area contributed by atoms with E-state index in [0.717, 1.165) is 44.4 Å². The van der Waals surface area contributed by atoms with Crippen LogP contribution in [-0.4, -0.2) is 125 Å². The minimum absolute atomic E-state index is 0.0104. The molecule has 0 aliphatic carbocycles. The van der Waals surface area contributed by atoms with Crippen molar-refractivity contribution in [3.05, 3.63) is 128 Å². The summed E-state index contributed by atoms with van der Waals surface area (Å²) in [5.41, 5.74) is 4.73. The Morgan fingerprint density at radius 3 is 2.37 bits per heavy atom. The number of likely N-dealkylation sites (tertiary alicyclic amines) is 1. The Morgan fingerprint density at radius 2 is 1.67 bits per heavy atom. The summed E-state index contributed by atoms with van der Waals surface area (Å²) in [5.74, 6) is -1.80. The number of aliphatic hydroxyl groups is 1. The molecule has 17 nitrogen and oxygen atoms in total. The molecule has 5 aromatic rings. The minimum Gasteiger partial charge on any atom is -0.493 e. The maximum absolute atomic E-state index is 14.3. The minimum atomic E-state index is -4.79. The van der Waals surface area contributed by atoms with Crippen molar-refractivity contribution in [1.82, 2.24) is 25.0 Å². The Morgan fingerprint density at radius 1 is 0.923 bits per heavy atom. The molecular weight excluding hydrogens is 1050 g/mol. The molecular formula is C56H57F3N6O11S2. The van der Waals surface area contributed by atoms with Gasteiger partial charge in [0.25, 0.3) is 17.1 Å². The summed E-state index contributed by atoms with van der Waals surface area (Å²) in [6.07, 6.45) is -3.11. The van der Waals surface area contributed by atoms with E-state index >= 15 is 0 Å². The molecule has 4 heterocycles. The number of thioether (sulfide) groups is 1. The largest absolute Gasteiger partial charge is 0.493 e. The quantitative estimate of drug-likeness (QED) is 0.0462. The van der Waals surface area contributed by atoms with Crippen molar-refractivity contribution in [2.75, 3.05) is 53.2 Å². The van der Waals surface area contributed by atoms with E-state index in [1.54, 1.807) is 28.6 Å². The van der Waals surface area contributed by atoms with Crippen LogP contribution in [-0.2, 0) is 43.1 Å². The first kappa shape index (κ1) is 56.9. The first-order valence-electron chi connectivity index (χ1n) is 25.1. The number of imide groups is 1. The number of β-amino-alcohol motifs (C(OH)–C–C–N with tert-alkyl or cyclic N) is 1. The van der Waals surface area contributed by atoms with Crippen LogP contribution in [0.3, 0.4) is 0 Å². The highest BCUT2D eigenvalue weighted by molar-refractivity contribution is 8.18. The summed E-state index contributed by atoms with van der Waals surface area (Å²) in [6.45, 7) is 7.43. The molecule has 4 aromatic carbocycles. The Labute approximate surface area is 456 Å². The second-order valence-electron chi connectivity index (χ2n) is 18.9. The highest BCUT2D eigenvalue weighted by Gasteiger charge is 2.46. The Balaban J connectivity index is 0.774. The van der Waals surface area contributed by atoms with E-state index in [0.29, 0.717) is 67.8 Å². The SMILES string of the molecule is COc1cc(/C=C2\SC(=O)N(CCOCCCOCCCOc3cc(-c4scnc4C)ccc3CNC(=O)[C@@H]3C[C@@H](O)CN3C(=O)[C@H](C(C)C)N3Cc4ccccc4C3=O)C2=O)ccc1Oc1ccc(C#N)cc1C(F)(F)F. The lowest BCUT2D eigenvalue weighted by atomic mass is 10.0. The Hall–Kier alpha value is -7.29. The molecule has 0 spiro atoms. The third-order valence-corrected chi connectivity index (χ3v) is 15.1. The van der Waals surface area contributed by atoms with E-state index in [9.17, 15) is 42.3 Å². The number of fused-ring (bicyclic) bond motifs is 1. The number of methoxy groups -OCH3 is 1. The zero-order valence-corrected chi connectivity index (χ0v) is 44.8. The summed E-state index contributed by atoms with van der Waals surface area (Å²) in [6, 6.07) is 20.2. The summed E-state index contributed by atoms with van der Waals surface area (Å²) in [5, 5.41) is 22.3. The topological polar surface area (TPSA) is 210 Å². The van der Waals surface area contributed by atoms with Gasteiger partial charge in [0.05, 0.1) is 71.2 Å². The number of benzene rings is 4. The molecule has 2 saturated heterocycles. The smallest absolute Gasteiger partial charge is 0.420 e. The standard InChI is InChI=1S/C56H57F3N6O11S2/c1-33(2)49(65-30-39-9-5-6-10-41(39)52(65)68)54(70)64-31-40(66)27-43(64)51(67)61-29-38-14-13-37(50-34(3)62-32-77-50)26-46(38)75-21-8-20-73-18-7-19-74-22-17-63-53(69)48(78-55(63)71)25-35-11-16-45(47(24-35)72-4)76-44-15-12-36(28-60)23-42(44)56(57,58)59/h5-6,9-16,23-26,32-33,40,43,49,66H,7-8,17-22,27,29-31H2,1-4H3,(H,61,67)/b48-25-/t40-,43+,49+/m1/s1. The van der Waals surface area contributed by atoms with Crippen molar-refractivity contribution in [3.63, 3.8) is 0 Å². The third kappa shape index (κ3) is 13.3. The van der Waals surface area contributed by atoms with Crippen LogP contribution in [0.4, 0.5) is 18.0 Å². The van der Waals surface area contributed by atoms with Crippen molar-refractivity contribution in [2.45, 2.75) is 77.5 Å². The van der Waals surface area contributed by atoms with Gasteiger partial charge in [0.15, 0.2) is 11.5 Å². The monoisotopic (exact) mass is 1110 g/mol. The van der Waals surface area contributed by atoms with Gasteiger partial charge in [0, 0.05) is 63.4 Å². The highest BCUT2D eigenvalue weighted by Crippen LogP contribution is 2.42. The molecule has 22 heteroatoms. The van der Waals surface area contributed by atoms with Gasteiger partial charge in [0.1, 0.15) is 23.6 Å². The second kappa shape index (κ2) is 25.5. The summed E-state index contributed by atoms with van der Waals surface area (Å²) >= 11 is 2.24. The lowest BCUT2D eigenvalue weighted by Crippen LogP contribution is -2.55. The number of nitrogens with one attached hydrogen (secondary N) is 1. The molecule has 0 bridgehead atoms. The zero-order chi connectivity index (χ0) is 55.7. The second-order valence-corrected chi connectivity index (χ2v) is 20.8. The van der Waals surface area contributed by atoms with Gasteiger partial charge in [0.2, 0.25) is 11.8 Å². The van der Waals surface area contributed by atoms with E-state index < -0.39 is 52.7 Å². The first-order valence-corrected chi connectivity index (χ1v) is 26.8. The van der Waals surface area contributed by atoms with Gasteiger partial charge in [-0.3, -0.25) is 28.9 Å². The maximum Gasteiger partial charge on any atom is 0.420 e. The molecule has 1 aromatic heterocycles. The molecule has 3 aliphatic heterocycles. The number of carbonyl (C=O) groups excluding carboxylic acids is 5. The zero-order valence-electron chi connectivity index (χ0n) is 43.2. The van der Waals surface area contributed by atoms with Crippen molar-refractivity contribution in [2.24, 2.45) is 5.92 Å². The molecule has 410 valence electrons. The van der Waals surface area contributed by atoms with Crippen LogP contribution in [0.5, 0.6) is 23.0 Å². The number of aliphatic hydroxyl groups excluding tert-OH is 1. The number of aryl methyl sites for hydroxylation is 1. The van der Waals surface area contributed by atoms with Gasteiger partial charge in [-0.25, -0.2) is 4.98 Å². The van der Waals surface area contributed by atoms with Gasteiger partial charge in [-0.2, -0.15) is 18.4 Å². The first-order chi connectivity index (χ1) is 37.4. The van der Waals surface area contributed by atoms with Crippen molar-refractivity contribution >= 4 is 58.0 Å². The Bertz CT molecular complexity index is 3120. The van der Waals surface area contributed by atoms with Gasteiger partial charge >= 0.3 is 6.18 Å². The number of rotatable bonds is 23. The van der Waals surface area contributed by atoms with Crippen molar-refractivity contribution in [1.29, 1.82) is 5.26 Å². The predicted octanol–water partition coefficient (Wildman–Crippen LogP) is 9.00. The third-order valence-electron chi connectivity index (χ3n) is 13.2. The molecule has 0 saturated carbocycles. The summed E-state index contributed by atoms with van der Waals surface area (Å²) < 4.78 is 70.0. The van der Waals surface area contributed by atoms with E-state index in [4.69, 9.17) is 28.9 Å². The molecule has 8 rings (SSSR count). The van der Waals surface area contributed by atoms with Crippen molar-refractivity contribution in [3.8, 4) is 39.5 Å². The van der Waals surface area contributed by atoms with Crippen LogP contribution < -0.4 is 19.5 Å². The molecule has 3 aliphatic rings. The maximum atomic E-state index is 14.3. The van der Waals surface area contributed by atoms with Gasteiger partial charge < -0.3 is 43.9 Å². The van der Waals surface area contributed by atoms with E-state index in [-0.39, 0.29) is 78.9 Å². The lowest BCUT2D eigenvalue weighted by Gasteiger charge is -2.35. The van der Waals surface area contributed by atoms with Crippen LogP contribution in [0.2, 0.25) is 0 Å². The van der Waals surface area contributed by atoms with Crippen LogP contribution in [0, 0.1) is 24.2 Å². The van der Waals surface area contributed by atoms with Gasteiger partial charge in [-0.1, -0.05) is 50.2 Å². The molecule has 0 radical (unpaired) electrons. The average molecular weight is 1110 g/mol. The van der Waals surface area contributed by atoms with Gasteiger partial charge in [-0.05, 0) is 96.3 Å². The number of carbonyl (C=O) groups is 5. The molecule has 5 amide bonds. The van der Waals surface area contributed by atoms with Crippen LogP contribution in [0.25, 0.3) is 16.5 Å². The van der Waals surface area contributed by atoms with Gasteiger partial charge in [-0.15, -0.1) is 11.3 Å². The Kier molecular flexibility index (Phi) is 18.6. The van der Waals surface area contributed by atoms with Crippen LogP contribution in [0.1, 0.15) is 77.0 Å². The number of ether oxygens (including phenoxy) is 5. The number of nitriles is 1. The number of aromatic nitrogens is 1. The lowest BCUT2D eigenvalue weighted by molar-refractivity contribution is -0.143. The summed E-state index contributed by atoms with van der Waals surface area (Å²) in [4.78, 5) is 77.2. The molecule has 78 heavy (non-hydrogen) atoms. The number of alkyl halides is 3. The van der Waals surface area contributed by atoms with E-state index in [2.05, 4.69) is 10.3 Å². The fraction of sp³-hybridized carbons (Fsp3) is 0.375. The number of hydrogen-bond acceptors (Lipinski definition) is 15. The van der Waals surface area contributed by atoms with Crippen LogP contribution in [0.15, 0.2) is 89.3 Å². The average Bonchev–Trinajstić information content (AvgIpc) is 4.19. The normalized spacial score (nSPS) is 17.3. The highest BCUT2D eigenvalue weighted by atomic mass is 32.2. The van der Waals surface area contributed by atoms with Crippen molar-refractivity contribution < 1.29 is 65.9 Å². The fourth-order valence-electron chi connectivity index (χ4n) is 9.31. The molecule has 0 unspecified atom stereocenters. The van der Waals surface area contributed by atoms with E-state index in [1.165, 1.54) is 53.7 Å². The van der Waals surface area contributed by atoms with E-state index in [1.807, 2.05) is 51.1 Å². The number of amides is 5. The predicted molar refractivity (Wildman–Crippen MR) is 283 cm³/mol. The number of hydrogen-bond donors (Lipinski definition) is 2. The molecule has 3 atom stereocenters. The molecule has 2 N–H and O–H groups in total. The fourth-order valence-corrected chi connectivity index (χ4v) is 11.0. The summed E-state index contributed by atoms with van der Waals surface area (Å²) in [7, 11) is 1.30. The van der Waals surface area contributed by atoms with Crippen LogP contribution >= 0.6 is 23.1 Å². The number of nitrogens with zero attached hydrogens (tertiary/aromatic N) is 5. The number of halogens is 3. The molecule has 2 fully saturated rings.